The third kappa shape index (κ3) is 1.82. The molecule has 88 valence electrons. The molecule has 0 spiro atoms. The van der Waals surface area contributed by atoms with E-state index in [9.17, 15) is 0 Å². The van der Waals surface area contributed by atoms with Gasteiger partial charge >= 0.3 is 0 Å². The fraction of sp³-hybridized carbons (Fsp3) is 0.571. The second-order valence-corrected chi connectivity index (χ2v) is 5.46. The number of alkyl halides is 1. The molecule has 2 rings (SSSR count). The minimum absolute atomic E-state index is 0.129. The Morgan fingerprint density at radius 3 is 2.69 bits per heavy atom. The number of para-hydroxylation sites is 1. The summed E-state index contributed by atoms with van der Waals surface area (Å²) >= 11 is 6.28. The van der Waals surface area contributed by atoms with Crippen LogP contribution in [0.25, 0.3) is 0 Å². The molecule has 2 heteroatoms. The van der Waals surface area contributed by atoms with Gasteiger partial charge in [0, 0.05) is 17.2 Å². The van der Waals surface area contributed by atoms with Crippen LogP contribution in [0.5, 0.6) is 5.75 Å². The monoisotopic (exact) mass is 238 g/mol. The Balaban J connectivity index is 2.10. The first kappa shape index (κ1) is 11.8. The predicted octanol–water partition coefficient (Wildman–Crippen LogP) is 4.17. The van der Waals surface area contributed by atoms with E-state index in [1.54, 1.807) is 0 Å². The first-order valence-electron chi connectivity index (χ1n) is 5.94. The molecular weight excluding hydrogens is 220 g/mol. The average molecular weight is 239 g/mol. The Kier molecular flexibility index (Phi) is 3.16. The summed E-state index contributed by atoms with van der Waals surface area (Å²) in [5.74, 6) is 0.996. The number of ether oxygens (including phenoxy) is 1. The molecule has 1 nitrogen and oxygen atoms in total. The molecular formula is C14H19ClO. The molecule has 0 radical (unpaired) electrons. The highest BCUT2D eigenvalue weighted by Gasteiger charge is 2.51. The van der Waals surface area contributed by atoms with Gasteiger partial charge in [0.2, 0.25) is 0 Å². The Bertz CT molecular complexity index is 377. The largest absolute Gasteiger partial charge is 0.489 e. The van der Waals surface area contributed by atoms with Crippen LogP contribution >= 0.6 is 11.6 Å². The van der Waals surface area contributed by atoms with E-state index in [4.69, 9.17) is 16.3 Å². The van der Waals surface area contributed by atoms with Gasteiger partial charge in [0.25, 0.3) is 0 Å². The normalized spacial score (nSPS) is 33.2. The van der Waals surface area contributed by atoms with Gasteiger partial charge in [-0.3, -0.25) is 0 Å². The van der Waals surface area contributed by atoms with Crippen molar-refractivity contribution < 1.29 is 4.74 Å². The summed E-state index contributed by atoms with van der Waals surface area (Å²) in [7, 11) is 0. The molecule has 1 fully saturated rings. The van der Waals surface area contributed by atoms with Crippen LogP contribution < -0.4 is 4.74 Å². The molecule has 16 heavy (non-hydrogen) atoms. The number of hydrogen-bond acceptors (Lipinski definition) is 1. The standard InChI is InChI=1S/C14H19ClO/c1-4-14(3)12(15)9-13(14)16-11-8-6-5-7-10(11)2/h5-8,12-13H,4,9H2,1-3H3. The third-order valence-electron chi connectivity index (χ3n) is 4.00. The Hall–Kier alpha value is -0.690. The van der Waals surface area contributed by atoms with E-state index in [2.05, 4.69) is 26.8 Å². The van der Waals surface area contributed by atoms with Gasteiger partial charge < -0.3 is 4.74 Å². The fourth-order valence-corrected chi connectivity index (χ4v) is 2.70. The summed E-state index contributed by atoms with van der Waals surface area (Å²) in [5.41, 5.74) is 1.32. The van der Waals surface area contributed by atoms with E-state index < -0.39 is 0 Å². The highest BCUT2D eigenvalue weighted by atomic mass is 35.5. The maximum atomic E-state index is 6.28. The lowest BCUT2D eigenvalue weighted by atomic mass is 9.65. The second kappa shape index (κ2) is 4.29. The minimum Gasteiger partial charge on any atom is -0.489 e. The summed E-state index contributed by atoms with van der Waals surface area (Å²) in [5, 5.41) is 0.256. The van der Waals surface area contributed by atoms with Crippen molar-refractivity contribution in [2.45, 2.75) is 45.1 Å². The van der Waals surface area contributed by atoms with E-state index in [1.165, 1.54) is 5.56 Å². The molecule has 1 aliphatic carbocycles. The molecule has 1 aliphatic rings. The summed E-state index contributed by atoms with van der Waals surface area (Å²) < 4.78 is 6.07. The lowest BCUT2D eigenvalue weighted by molar-refractivity contribution is -0.0298. The number of hydrogen-bond donors (Lipinski definition) is 0. The van der Waals surface area contributed by atoms with Gasteiger partial charge in [0.1, 0.15) is 11.9 Å². The van der Waals surface area contributed by atoms with Crippen LogP contribution in [-0.2, 0) is 0 Å². The molecule has 0 saturated heterocycles. The molecule has 0 amide bonds. The Morgan fingerprint density at radius 1 is 1.44 bits per heavy atom. The molecule has 3 unspecified atom stereocenters. The van der Waals surface area contributed by atoms with Crippen molar-refractivity contribution in [3.8, 4) is 5.75 Å². The van der Waals surface area contributed by atoms with Crippen LogP contribution in [0.1, 0.15) is 32.3 Å². The van der Waals surface area contributed by atoms with Gasteiger partial charge in [-0.05, 0) is 25.0 Å². The summed E-state index contributed by atoms with van der Waals surface area (Å²) in [6.07, 6.45) is 2.29. The summed E-state index contributed by atoms with van der Waals surface area (Å²) in [6.45, 7) is 6.48. The van der Waals surface area contributed by atoms with Crippen molar-refractivity contribution in [1.82, 2.24) is 0 Å². The molecule has 0 bridgehead atoms. The van der Waals surface area contributed by atoms with Crippen molar-refractivity contribution in [3.05, 3.63) is 29.8 Å². The molecule has 1 aromatic rings. The van der Waals surface area contributed by atoms with Crippen LogP contribution in [0.15, 0.2) is 24.3 Å². The predicted molar refractivity (Wildman–Crippen MR) is 68.3 cm³/mol. The summed E-state index contributed by atoms with van der Waals surface area (Å²) in [4.78, 5) is 0. The Labute approximate surface area is 103 Å². The fourth-order valence-electron chi connectivity index (χ4n) is 2.24. The smallest absolute Gasteiger partial charge is 0.122 e. The molecule has 0 aromatic heterocycles. The van der Waals surface area contributed by atoms with E-state index in [1.807, 2.05) is 18.2 Å². The van der Waals surface area contributed by atoms with Gasteiger partial charge in [0.05, 0.1) is 0 Å². The maximum absolute atomic E-state index is 6.28. The highest BCUT2D eigenvalue weighted by Crippen LogP contribution is 2.49. The molecule has 1 aromatic carbocycles. The van der Waals surface area contributed by atoms with Gasteiger partial charge in [0.15, 0.2) is 0 Å². The zero-order valence-electron chi connectivity index (χ0n) is 10.2. The molecule has 0 heterocycles. The van der Waals surface area contributed by atoms with Gasteiger partial charge in [-0.25, -0.2) is 0 Å². The SMILES string of the molecule is CCC1(C)C(Cl)CC1Oc1ccccc1C. The van der Waals surface area contributed by atoms with E-state index in [0.717, 1.165) is 18.6 Å². The molecule has 0 N–H and O–H groups in total. The zero-order chi connectivity index (χ0) is 11.8. The topological polar surface area (TPSA) is 9.23 Å². The third-order valence-corrected chi connectivity index (χ3v) is 4.67. The second-order valence-electron chi connectivity index (χ2n) is 4.93. The number of aryl methyl sites for hydroxylation is 1. The highest BCUT2D eigenvalue weighted by molar-refractivity contribution is 6.21. The molecule has 1 saturated carbocycles. The summed E-state index contributed by atoms with van der Waals surface area (Å²) in [6, 6.07) is 8.16. The van der Waals surface area contributed by atoms with Crippen molar-refractivity contribution in [3.63, 3.8) is 0 Å². The zero-order valence-corrected chi connectivity index (χ0v) is 10.9. The van der Waals surface area contributed by atoms with E-state index >= 15 is 0 Å². The van der Waals surface area contributed by atoms with Crippen LogP contribution in [0.3, 0.4) is 0 Å². The quantitative estimate of drug-likeness (QED) is 0.719. The van der Waals surface area contributed by atoms with Crippen molar-refractivity contribution >= 4 is 11.6 Å². The van der Waals surface area contributed by atoms with E-state index in [0.29, 0.717) is 0 Å². The van der Waals surface area contributed by atoms with Crippen molar-refractivity contribution in [1.29, 1.82) is 0 Å². The molecule has 3 atom stereocenters. The van der Waals surface area contributed by atoms with Crippen molar-refractivity contribution in [2.75, 3.05) is 0 Å². The lowest BCUT2D eigenvalue weighted by Crippen LogP contribution is -2.55. The number of benzene rings is 1. The van der Waals surface area contributed by atoms with Crippen LogP contribution in [-0.4, -0.2) is 11.5 Å². The number of rotatable bonds is 3. The first-order valence-corrected chi connectivity index (χ1v) is 6.38. The van der Waals surface area contributed by atoms with E-state index in [-0.39, 0.29) is 16.9 Å². The minimum atomic E-state index is 0.129. The molecule has 0 aliphatic heterocycles. The average Bonchev–Trinajstić information content (AvgIpc) is 2.30. The van der Waals surface area contributed by atoms with Gasteiger partial charge in [-0.1, -0.05) is 32.0 Å². The number of halogens is 1. The lowest BCUT2D eigenvalue weighted by Gasteiger charge is -2.50. The van der Waals surface area contributed by atoms with Crippen LogP contribution in [0.4, 0.5) is 0 Å². The van der Waals surface area contributed by atoms with Gasteiger partial charge in [-0.15, -0.1) is 11.6 Å². The van der Waals surface area contributed by atoms with Crippen LogP contribution in [0, 0.1) is 12.3 Å². The van der Waals surface area contributed by atoms with Gasteiger partial charge in [-0.2, -0.15) is 0 Å². The van der Waals surface area contributed by atoms with Crippen LogP contribution in [0.2, 0.25) is 0 Å². The van der Waals surface area contributed by atoms with Crippen molar-refractivity contribution in [2.24, 2.45) is 5.41 Å². The maximum Gasteiger partial charge on any atom is 0.122 e. The first-order chi connectivity index (χ1) is 7.58. The Morgan fingerprint density at radius 2 is 2.12 bits per heavy atom.